The minimum Gasteiger partial charge on any atom is -0.444 e. The van der Waals surface area contributed by atoms with Crippen LogP contribution in [0.5, 0.6) is 0 Å². The minimum absolute atomic E-state index is 0.0794. The first kappa shape index (κ1) is 17.0. The number of rotatable bonds is 3. The largest absolute Gasteiger partial charge is 0.444 e. The fourth-order valence-corrected chi connectivity index (χ4v) is 2.86. The van der Waals surface area contributed by atoms with E-state index in [-0.39, 0.29) is 23.5 Å². The van der Waals surface area contributed by atoms with Gasteiger partial charge in [-0.05, 0) is 17.0 Å². The standard InChI is InChI=1S/C19H19NO5/c1-19(2)9-15(21)13-8-14(17(22)25-16(13)10-19)20-18(23)24-11-12-6-4-3-5-7-12/h3-8H,9-11H2,1-2H3,(H,20,23). The molecule has 1 aromatic carbocycles. The summed E-state index contributed by atoms with van der Waals surface area (Å²) in [5.74, 6) is 0.269. The number of hydrogen-bond donors (Lipinski definition) is 1. The number of Topliss-reactive ketones (excluding diaryl/α,β-unsaturated/α-hetero) is 1. The smallest absolute Gasteiger partial charge is 0.412 e. The lowest BCUT2D eigenvalue weighted by atomic mass is 9.76. The Morgan fingerprint density at radius 3 is 2.64 bits per heavy atom. The van der Waals surface area contributed by atoms with E-state index in [9.17, 15) is 14.4 Å². The van der Waals surface area contributed by atoms with Crippen molar-refractivity contribution >= 4 is 17.6 Å². The highest BCUT2D eigenvalue weighted by molar-refractivity contribution is 5.99. The summed E-state index contributed by atoms with van der Waals surface area (Å²) in [5, 5.41) is 2.35. The summed E-state index contributed by atoms with van der Waals surface area (Å²) in [6.45, 7) is 3.97. The summed E-state index contributed by atoms with van der Waals surface area (Å²) >= 11 is 0. The van der Waals surface area contributed by atoms with Crippen molar-refractivity contribution in [3.63, 3.8) is 0 Å². The van der Waals surface area contributed by atoms with E-state index >= 15 is 0 Å². The van der Waals surface area contributed by atoms with Crippen molar-refractivity contribution in [2.75, 3.05) is 5.32 Å². The first-order valence-electron chi connectivity index (χ1n) is 8.02. The van der Waals surface area contributed by atoms with Crippen LogP contribution in [0.25, 0.3) is 0 Å². The van der Waals surface area contributed by atoms with Crippen LogP contribution in [0.3, 0.4) is 0 Å². The number of nitrogens with one attached hydrogen (secondary N) is 1. The average Bonchev–Trinajstić information content (AvgIpc) is 2.54. The molecule has 1 aromatic heterocycles. The first-order chi connectivity index (χ1) is 11.8. The van der Waals surface area contributed by atoms with Gasteiger partial charge >= 0.3 is 11.7 Å². The van der Waals surface area contributed by atoms with Gasteiger partial charge in [0.05, 0.1) is 5.56 Å². The van der Waals surface area contributed by atoms with Crippen LogP contribution in [0.15, 0.2) is 45.6 Å². The summed E-state index contributed by atoms with van der Waals surface area (Å²) in [7, 11) is 0. The molecule has 6 heteroatoms. The zero-order valence-corrected chi connectivity index (χ0v) is 14.1. The van der Waals surface area contributed by atoms with Crippen molar-refractivity contribution in [3.05, 3.63) is 63.7 Å². The Balaban J connectivity index is 1.73. The summed E-state index contributed by atoms with van der Waals surface area (Å²) < 4.78 is 10.3. The molecule has 130 valence electrons. The Morgan fingerprint density at radius 2 is 1.92 bits per heavy atom. The van der Waals surface area contributed by atoms with Crippen LogP contribution >= 0.6 is 0 Å². The molecule has 0 radical (unpaired) electrons. The maximum atomic E-state index is 12.3. The molecule has 0 spiro atoms. The lowest BCUT2D eigenvalue weighted by Crippen LogP contribution is -2.29. The summed E-state index contributed by atoms with van der Waals surface area (Å²) in [6, 6.07) is 10.5. The van der Waals surface area contributed by atoms with Gasteiger partial charge in [-0.1, -0.05) is 44.2 Å². The van der Waals surface area contributed by atoms with Crippen molar-refractivity contribution < 1.29 is 18.7 Å². The second-order valence-electron chi connectivity index (χ2n) is 6.91. The second kappa shape index (κ2) is 6.55. The highest BCUT2D eigenvalue weighted by Gasteiger charge is 2.33. The van der Waals surface area contributed by atoms with Crippen LogP contribution in [-0.2, 0) is 17.8 Å². The number of carbonyl (C=O) groups excluding carboxylic acids is 2. The van der Waals surface area contributed by atoms with Crippen LogP contribution in [0, 0.1) is 5.41 Å². The average molecular weight is 341 g/mol. The minimum atomic E-state index is -0.778. The summed E-state index contributed by atoms with van der Waals surface area (Å²) in [5.41, 5.74) is 0.138. The molecule has 1 aliphatic rings. The summed E-state index contributed by atoms with van der Waals surface area (Å²) in [6.07, 6.45) is 0.0907. The molecule has 1 heterocycles. The zero-order valence-electron chi connectivity index (χ0n) is 14.1. The molecule has 0 fully saturated rings. The molecule has 0 saturated heterocycles. The monoisotopic (exact) mass is 341 g/mol. The Kier molecular flexibility index (Phi) is 4.44. The van der Waals surface area contributed by atoms with Crippen LogP contribution in [-0.4, -0.2) is 11.9 Å². The topological polar surface area (TPSA) is 85.6 Å². The highest BCUT2D eigenvalue weighted by atomic mass is 16.5. The van der Waals surface area contributed by atoms with Crippen LogP contribution in [0.4, 0.5) is 10.5 Å². The number of amides is 1. The third-order valence-corrected chi connectivity index (χ3v) is 4.05. The number of benzene rings is 1. The van der Waals surface area contributed by atoms with E-state index in [2.05, 4.69) is 5.32 Å². The van der Waals surface area contributed by atoms with Gasteiger partial charge in [-0.3, -0.25) is 10.1 Å². The maximum absolute atomic E-state index is 12.3. The van der Waals surface area contributed by atoms with Crippen molar-refractivity contribution in [1.82, 2.24) is 0 Å². The molecule has 1 amide bonds. The fraction of sp³-hybridized carbons (Fsp3) is 0.316. The quantitative estimate of drug-likeness (QED) is 0.923. The van der Waals surface area contributed by atoms with Gasteiger partial charge in [0, 0.05) is 12.8 Å². The molecule has 1 N–H and O–H groups in total. The van der Waals surface area contributed by atoms with Crippen LogP contribution < -0.4 is 10.9 Å². The van der Waals surface area contributed by atoms with Crippen LogP contribution in [0.2, 0.25) is 0 Å². The number of fused-ring (bicyclic) bond motifs is 1. The Labute approximate surface area is 144 Å². The van der Waals surface area contributed by atoms with E-state index in [1.165, 1.54) is 6.07 Å². The Hall–Kier alpha value is -2.89. The van der Waals surface area contributed by atoms with Gasteiger partial charge in [-0.15, -0.1) is 0 Å². The SMILES string of the molecule is CC1(C)CC(=O)c2cc(NC(=O)OCc3ccccc3)c(=O)oc2C1. The van der Waals surface area contributed by atoms with Gasteiger partial charge in [0.2, 0.25) is 0 Å². The highest BCUT2D eigenvalue weighted by Crippen LogP contribution is 2.34. The normalized spacial score (nSPS) is 15.4. The molecule has 2 aromatic rings. The first-order valence-corrected chi connectivity index (χ1v) is 8.02. The van der Waals surface area contributed by atoms with E-state index < -0.39 is 11.7 Å². The number of ether oxygens (including phenoxy) is 1. The molecule has 0 saturated carbocycles. The van der Waals surface area contributed by atoms with E-state index in [4.69, 9.17) is 9.15 Å². The second-order valence-corrected chi connectivity index (χ2v) is 6.91. The van der Waals surface area contributed by atoms with E-state index in [0.717, 1.165) is 5.56 Å². The van der Waals surface area contributed by atoms with Gasteiger partial charge < -0.3 is 9.15 Å². The van der Waals surface area contributed by atoms with Gasteiger partial charge in [0.1, 0.15) is 18.1 Å². The Bertz CT molecular complexity index is 867. The number of hydrogen-bond acceptors (Lipinski definition) is 5. The molecule has 25 heavy (non-hydrogen) atoms. The Morgan fingerprint density at radius 1 is 1.20 bits per heavy atom. The molecule has 0 bridgehead atoms. The zero-order chi connectivity index (χ0) is 18.0. The van der Waals surface area contributed by atoms with Crippen molar-refractivity contribution in [2.45, 2.75) is 33.3 Å². The van der Waals surface area contributed by atoms with Crippen molar-refractivity contribution in [3.8, 4) is 0 Å². The maximum Gasteiger partial charge on any atom is 0.412 e. The fourth-order valence-electron chi connectivity index (χ4n) is 2.86. The molecule has 3 rings (SSSR count). The van der Waals surface area contributed by atoms with Gasteiger partial charge in [-0.25, -0.2) is 9.59 Å². The predicted octanol–water partition coefficient (Wildman–Crippen LogP) is 3.54. The van der Waals surface area contributed by atoms with E-state index in [0.29, 0.717) is 24.2 Å². The lowest BCUT2D eigenvalue weighted by molar-refractivity contribution is 0.0897. The predicted molar refractivity (Wildman–Crippen MR) is 91.7 cm³/mol. The number of ketones is 1. The molecule has 6 nitrogen and oxygen atoms in total. The molecular formula is C19H19NO5. The lowest BCUT2D eigenvalue weighted by Gasteiger charge is -2.28. The van der Waals surface area contributed by atoms with E-state index in [1.807, 2.05) is 44.2 Å². The molecule has 0 atom stereocenters. The third-order valence-electron chi connectivity index (χ3n) is 4.05. The van der Waals surface area contributed by atoms with Gasteiger partial charge in [0.25, 0.3) is 0 Å². The molecular weight excluding hydrogens is 322 g/mol. The third kappa shape index (κ3) is 3.96. The molecule has 1 aliphatic carbocycles. The number of carbonyl (C=O) groups is 2. The summed E-state index contributed by atoms with van der Waals surface area (Å²) in [4.78, 5) is 36.2. The van der Waals surface area contributed by atoms with Gasteiger partial charge in [-0.2, -0.15) is 0 Å². The van der Waals surface area contributed by atoms with E-state index in [1.54, 1.807) is 0 Å². The van der Waals surface area contributed by atoms with Gasteiger partial charge in [0.15, 0.2) is 5.78 Å². The molecule has 0 unspecified atom stereocenters. The van der Waals surface area contributed by atoms with Crippen molar-refractivity contribution in [1.29, 1.82) is 0 Å². The van der Waals surface area contributed by atoms with Crippen molar-refractivity contribution in [2.24, 2.45) is 5.41 Å². The number of anilines is 1. The van der Waals surface area contributed by atoms with Crippen LogP contribution in [0.1, 0.15) is 41.9 Å². The molecule has 0 aliphatic heterocycles.